The lowest BCUT2D eigenvalue weighted by molar-refractivity contribution is -0.113. The number of phenols is 1. The second kappa shape index (κ2) is 6.93. The quantitative estimate of drug-likeness (QED) is 0.611. The lowest BCUT2D eigenvalue weighted by Crippen LogP contribution is -2.27. The van der Waals surface area contributed by atoms with Crippen molar-refractivity contribution in [2.24, 2.45) is 0 Å². The summed E-state index contributed by atoms with van der Waals surface area (Å²) in [7, 11) is 0. The van der Waals surface area contributed by atoms with Crippen LogP contribution in [0, 0.1) is 13.8 Å². The molecule has 0 aliphatic carbocycles. The van der Waals surface area contributed by atoms with E-state index in [1.165, 1.54) is 28.8 Å². The van der Waals surface area contributed by atoms with Gasteiger partial charge in [0.05, 0.1) is 16.2 Å². The topological polar surface area (TPSA) is 77.8 Å². The van der Waals surface area contributed by atoms with Crippen molar-refractivity contribution < 1.29 is 19.8 Å². The van der Waals surface area contributed by atoms with E-state index < -0.39 is 5.97 Å². The van der Waals surface area contributed by atoms with Gasteiger partial charge in [0.15, 0.2) is 4.32 Å². The number of carboxylic acids is 1. The first kappa shape index (κ1) is 18.2. The molecule has 26 heavy (non-hydrogen) atoms. The fourth-order valence-electron chi connectivity index (χ4n) is 2.67. The number of amides is 1. The molecule has 1 amide bonds. The minimum absolute atomic E-state index is 0.143. The van der Waals surface area contributed by atoms with Gasteiger partial charge in [-0.15, -0.1) is 0 Å². The van der Waals surface area contributed by atoms with Crippen LogP contribution in [0.1, 0.15) is 27.0 Å². The van der Waals surface area contributed by atoms with Crippen LogP contribution < -0.4 is 4.90 Å². The summed E-state index contributed by atoms with van der Waals surface area (Å²) in [6.45, 7) is 3.60. The van der Waals surface area contributed by atoms with Crippen molar-refractivity contribution in [3.05, 3.63) is 63.6 Å². The summed E-state index contributed by atoms with van der Waals surface area (Å²) in [6, 6.07) is 9.60. The van der Waals surface area contributed by atoms with Crippen LogP contribution in [0.15, 0.2) is 41.3 Å². The van der Waals surface area contributed by atoms with Crippen molar-refractivity contribution in [1.82, 2.24) is 0 Å². The van der Waals surface area contributed by atoms with Gasteiger partial charge in [-0.1, -0.05) is 24.0 Å². The third-order valence-electron chi connectivity index (χ3n) is 3.98. The Bertz CT molecular complexity index is 941. The molecule has 1 heterocycles. The molecule has 7 heteroatoms. The van der Waals surface area contributed by atoms with E-state index in [0.29, 0.717) is 14.9 Å². The summed E-state index contributed by atoms with van der Waals surface area (Å²) in [4.78, 5) is 25.6. The van der Waals surface area contributed by atoms with Crippen molar-refractivity contribution in [3.8, 4) is 5.75 Å². The number of carbonyl (C=O) groups excluding carboxylic acids is 1. The average molecular weight is 385 g/mol. The number of hydrogen-bond donors (Lipinski definition) is 2. The number of aryl methyl sites for hydroxylation is 2. The highest BCUT2D eigenvalue weighted by Gasteiger charge is 2.33. The van der Waals surface area contributed by atoms with Gasteiger partial charge in [-0.3, -0.25) is 9.69 Å². The summed E-state index contributed by atoms with van der Waals surface area (Å²) in [5.74, 6) is -1.04. The number of thioether (sulfide) groups is 1. The van der Waals surface area contributed by atoms with E-state index in [0.717, 1.165) is 16.7 Å². The Morgan fingerprint density at radius 2 is 1.73 bits per heavy atom. The summed E-state index contributed by atoms with van der Waals surface area (Å²) in [5.41, 5.74) is 2.94. The van der Waals surface area contributed by atoms with Gasteiger partial charge in [0.2, 0.25) is 0 Å². The van der Waals surface area contributed by atoms with Gasteiger partial charge >= 0.3 is 5.97 Å². The van der Waals surface area contributed by atoms with Crippen LogP contribution in [-0.2, 0) is 4.79 Å². The molecule has 2 aromatic rings. The van der Waals surface area contributed by atoms with E-state index in [9.17, 15) is 14.7 Å². The molecule has 0 saturated carbocycles. The van der Waals surface area contributed by atoms with Crippen LogP contribution in [0.5, 0.6) is 5.75 Å². The fraction of sp³-hybridized carbons (Fsp3) is 0.105. The Morgan fingerprint density at radius 3 is 2.27 bits per heavy atom. The zero-order valence-electron chi connectivity index (χ0n) is 14.0. The third-order valence-corrected chi connectivity index (χ3v) is 5.28. The number of aromatic carboxylic acids is 1. The molecule has 1 aliphatic heterocycles. The number of carboxylic acid groups (broad SMARTS) is 1. The molecule has 2 aromatic carbocycles. The lowest BCUT2D eigenvalue weighted by Gasteiger charge is -2.14. The maximum atomic E-state index is 12.8. The van der Waals surface area contributed by atoms with Gasteiger partial charge < -0.3 is 10.2 Å². The number of rotatable bonds is 3. The Hall–Kier alpha value is -2.64. The summed E-state index contributed by atoms with van der Waals surface area (Å²) < 4.78 is 0.386. The maximum Gasteiger partial charge on any atom is 0.335 e. The van der Waals surface area contributed by atoms with E-state index >= 15 is 0 Å². The predicted molar refractivity (Wildman–Crippen MR) is 107 cm³/mol. The smallest absolute Gasteiger partial charge is 0.335 e. The first-order chi connectivity index (χ1) is 12.3. The van der Waals surface area contributed by atoms with E-state index in [-0.39, 0.29) is 17.2 Å². The molecule has 0 radical (unpaired) electrons. The van der Waals surface area contributed by atoms with Crippen molar-refractivity contribution in [2.75, 3.05) is 4.90 Å². The molecular formula is C19H15NO4S2. The largest absolute Gasteiger partial charge is 0.507 e. The summed E-state index contributed by atoms with van der Waals surface area (Å²) in [6.07, 6.45) is 1.74. The van der Waals surface area contributed by atoms with Crippen molar-refractivity contribution in [1.29, 1.82) is 0 Å². The Balaban J connectivity index is 1.92. The number of aromatic hydroxyl groups is 1. The minimum Gasteiger partial charge on any atom is -0.507 e. The van der Waals surface area contributed by atoms with Gasteiger partial charge in [-0.05, 0) is 73.0 Å². The molecule has 1 fully saturated rings. The molecular weight excluding hydrogens is 370 g/mol. The van der Waals surface area contributed by atoms with E-state index in [4.69, 9.17) is 17.3 Å². The molecule has 1 aliphatic rings. The Kier molecular flexibility index (Phi) is 4.84. The number of nitrogens with zero attached hydrogens (tertiary/aromatic N) is 1. The van der Waals surface area contributed by atoms with Gasteiger partial charge in [0, 0.05) is 0 Å². The van der Waals surface area contributed by atoms with Crippen molar-refractivity contribution >= 4 is 51.9 Å². The Labute approximate surface area is 160 Å². The third kappa shape index (κ3) is 3.36. The lowest BCUT2D eigenvalue weighted by atomic mass is 10.1. The van der Waals surface area contributed by atoms with Gasteiger partial charge in [0.1, 0.15) is 5.75 Å². The van der Waals surface area contributed by atoms with Crippen LogP contribution in [-0.4, -0.2) is 26.4 Å². The number of carbonyl (C=O) groups is 2. The number of hydrogen-bond acceptors (Lipinski definition) is 5. The fourth-order valence-corrected chi connectivity index (χ4v) is 3.97. The molecule has 0 unspecified atom stereocenters. The average Bonchev–Trinajstić information content (AvgIpc) is 2.86. The number of phenolic OH excluding ortho intramolecular Hbond substituents is 1. The van der Waals surface area contributed by atoms with Crippen molar-refractivity contribution in [2.45, 2.75) is 13.8 Å². The van der Waals surface area contributed by atoms with Crippen LogP contribution in [0.3, 0.4) is 0 Å². The van der Waals surface area contributed by atoms with Crippen LogP contribution in [0.4, 0.5) is 5.69 Å². The molecule has 2 N–H and O–H groups in total. The van der Waals surface area contributed by atoms with E-state index in [2.05, 4.69) is 0 Å². The first-order valence-electron chi connectivity index (χ1n) is 7.69. The summed E-state index contributed by atoms with van der Waals surface area (Å²) in [5, 5.41) is 18.9. The molecule has 0 bridgehead atoms. The highest BCUT2D eigenvalue weighted by atomic mass is 32.2. The van der Waals surface area contributed by atoms with E-state index in [1.54, 1.807) is 44.2 Å². The number of anilines is 1. The van der Waals surface area contributed by atoms with Crippen LogP contribution >= 0.6 is 24.0 Å². The zero-order chi connectivity index (χ0) is 19.0. The number of thiocarbonyl (C=S) groups is 1. The Morgan fingerprint density at radius 1 is 1.15 bits per heavy atom. The van der Waals surface area contributed by atoms with E-state index in [1.807, 2.05) is 0 Å². The molecule has 0 spiro atoms. The maximum absolute atomic E-state index is 12.8. The number of benzene rings is 2. The summed E-state index contributed by atoms with van der Waals surface area (Å²) >= 11 is 6.51. The monoisotopic (exact) mass is 385 g/mol. The first-order valence-corrected chi connectivity index (χ1v) is 8.92. The van der Waals surface area contributed by atoms with Gasteiger partial charge in [-0.25, -0.2) is 4.79 Å². The highest BCUT2D eigenvalue weighted by Crippen LogP contribution is 2.36. The molecule has 132 valence electrons. The van der Waals surface area contributed by atoms with Gasteiger partial charge in [0.25, 0.3) is 5.91 Å². The second-order valence-corrected chi connectivity index (χ2v) is 7.55. The van der Waals surface area contributed by atoms with Crippen LogP contribution in [0.25, 0.3) is 6.08 Å². The minimum atomic E-state index is -1.03. The molecule has 3 rings (SSSR count). The standard InChI is InChI=1S/C19H15NO4S2/c1-10-7-12(8-11(2)16(10)21)9-15-17(22)20(19(25)26-15)14-5-3-13(4-6-14)18(23)24/h3-9,21H,1-2H3,(H,23,24)/b15-9-. The molecule has 0 aromatic heterocycles. The highest BCUT2D eigenvalue weighted by molar-refractivity contribution is 8.27. The molecule has 5 nitrogen and oxygen atoms in total. The van der Waals surface area contributed by atoms with Crippen molar-refractivity contribution in [3.63, 3.8) is 0 Å². The normalized spacial score (nSPS) is 15.8. The predicted octanol–water partition coefficient (Wildman–Crippen LogP) is 4.11. The van der Waals surface area contributed by atoms with Crippen LogP contribution in [0.2, 0.25) is 0 Å². The van der Waals surface area contributed by atoms with Gasteiger partial charge in [-0.2, -0.15) is 0 Å². The molecule has 0 atom stereocenters. The SMILES string of the molecule is Cc1cc(/C=C2\SC(=S)N(c3ccc(C(=O)O)cc3)C2=O)cc(C)c1O. The molecule has 1 saturated heterocycles. The second-order valence-electron chi connectivity index (χ2n) is 5.87. The zero-order valence-corrected chi connectivity index (χ0v) is 15.6.